The van der Waals surface area contributed by atoms with Crippen molar-refractivity contribution in [1.29, 1.82) is 0 Å². The van der Waals surface area contributed by atoms with Crippen molar-refractivity contribution in [1.82, 2.24) is 4.90 Å². The monoisotopic (exact) mass is 275 g/mol. The van der Waals surface area contributed by atoms with Crippen LogP contribution in [0.4, 0.5) is 0 Å². The van der Waals surface area contributed by atoms with Gasteiger partial charge in [-0.05, 0) is 36.5 Å². The highest BCUT2D eigenvalue weighted by molar-refractivity contribution is 5.79. The van der Waals surface area contributed by atoms with Gasteiger partial charge in [-0.25, -0.2) is 0 Å². The van der Waals surface area contributed by atoms with Crippen LogP contribution in [0.25, 0.3) is 0 Å². The Morgan fingerprint density at radius 3 is 2.75 bits per heavy atom. The largest absolute Gasteiger partial charge is 0.497 e. The number of ether oxygens (including phenoxy) is 1. The Kier molecular flexibility index (Phi) is 3.66. The summed E-state index contributed by atoms with van der Waals surface area (Å²) in [7, 11) is 1.64. The van der Waals surface area contributed by atoms with Gasteiger partial charge in [-0.2, -0.15) is 0 Å². The highest BCUT2D eigenvalue weighted by Gasteiger charge is 2.45. The molecular formula is C16H21NO3. The van der Waals surface area contributed by atoms with Gasteiger partial charge in [0.2, 0.25) is 5.91 Å². The van der Waals surface area contributed by atoms with E-state index in [0.29, 0.717) is 18.9 Å². The van der Waals surface area contributed by atoms with Crippen molar-refractivity contribution in [3.63, 3.8) is 0 Å². The lowest BCUT2D eigenvalue weighted by Crippen LogP contribution is -2.45. The molecule has 1 unspecified atom stereocenters. The first-order valence-electron chi connectivity index (χ1n) is 7.29. The van der Waals surface area contributed by atoms with E-state index < -0.39 is 0 Å². The van der Waals surface area contributed by atoms with Gasteiger partial charge in [0, 0.05) is 13.0 Å². The molecule has 0 radical (unpaired) electrons. The summed E-state index contributed by atoms with van der Waals surface area (Å²) in [4.78, 5) is 14.1. The molecule has 0 spiro atoms. The number of carbonyl (C=O) groups is 1. The maximum atomic E-state index is 12.2. The second-order valence-corrected chi connectivity index (χ2v) is 5.82. The fraction of sp³-hybridized carbons (Fsp3) is 0.562. The topological polar surface area (TPSA) is 49.8 Å². The van der Waals surface area contributed by atoms with Crippen LogP contribution < -0.4 is 4.74 Å². The zero-order valence-corrected chi connectivity index (χ0v) is 11.8. The van der Waals surface area contributed by atoms with E-state index in [-0.39, 0.29) is 18.1 Å². The molecule has 0 aromatic heterocycles. The Labute approximate surface area is 119 Å². The van der Waals surface area contributed by atoms with E-state index >= 15 is 0 Å². The third-order valence-corrected chi connectivity index (χ3v) is 4.58. The van der Waals surface area contributed by atoms with E-state index in [1.165, 1.54) is 0 Å². The average Bonchev–Trinajstić information content (AvgIpc) is 2.77. The fourth-order valence-electron chi connectivity index (χ4n) is 3.56. The summed E-state index contributed by atoms with van der Waals surface area (Å²) in [5.74, 6) is 1.33. The van der Waals surface area contributed by atoms with E-state index in [2.05, 4.69) is 0 Å². The maximum absolute atomic E-state index is 12.2. The predicted octanol–water partition coefficient (Wildman–Crippen LogP) is 1.96. The van der Waals surface area contributed by atoms with Crippen LogP contribution in [-0.4, -0.2) is 35.2 Å². The van der Waals surface area contributed by atoms with Crippen molar-refractivity contribution >= 4 is 5.91 Å². The van der Waals surface area contributed by atoms with Crippen LogP contribution in [0, 0.1) is 5.92 Å². The normalized spacial score (nSPS) is 29.4. The van der Waals surface area contributed by atoms with Crippen molar-refractivity contribution in [3.05, 3.63) is 29.8 Å². The van der Waals surface area contributed by atoms with Gasteiger partial charge >= 0.3 is 0 Å². The van der Waals surface area contributed by atoms with Crippen molar-refractivity contribution in [2.24, 2.45) is 5.92 Å². The first-order valence-corrected chi connectivity index (χ1v) is 7.29. The number of hydrogen-bond donors (Lipinski definition) is 1. The molecular weight excluding hydrogens is 254 g/mol. The van der Waals surface area contributed by atoms with Crippen LogP contribution in [-0.2, 0) is 11.3 Å². The lowest BCUT2D eigenvalue weighted by Gasteiger charge is -2.35. The number of nitrogens with zero attached hydrogens (tertiary/aromatic N) is 1. The number of amides is 1. The molecule has 1 saturated carbocycles. The lowest BCUT2D eigenvalue weighted by molar-refractivity contribution is -0.131. The molecule has 1 saturated heterocycles. The second-order valence-electron chi connectivity index (χ2n) is 5.82. The number of hydrogen-bond acceptors (Lipinski definition) is 3. The molecule has 2 aliphatic rings. The van der Waals surface area contributed by atoms with Gasteiger partial charge in [-0.15, -0.1) is 0 Å². The molecule has 2 fully saturated rings. The van der Waals surface area contributed by atoms with Gasteiger partial charge in [0.15, 0.2) is 0 Å². The van der Waals surface area contributed by atoms with Crippen LogP contribution in [0.1, 0.15) is 31.2 Å². The summed E-state index contributed by atoms with van der Waals surface area (Å²) in [6.45, 7) is 0.584. The van der Waals surface area contributed by atoms with Gasteiger partial charge in [0.05, 0.1) is 19.3 Å². The molecule has 1 amide bonds. The quantitative estimate of drug-likeness (QED) is 0.917. The van der Waals surface area contributed by atoms with Crippen LogP contribution in [0.5, 0.6) is 5.75 Å². The second kappa shape index (κ2) is 5.44. The van der Waals surface area contributed by atoms with E-state index in [1.54, 1.807) is 7.11 Å². The standard InChI is InChI=1S/C16H21NO3/c1-20-13-7-5-11(6-8-13)10-17-15(19)9-12-3-2-4-14(18)16(12)17/h5-8,12,14,16,18H,2-4,9-10H2,1H3/t12-,14?,16+/m0/s1. The summed E-state index contributed by atoms with van der Waals surface area (Å²) < 4.78 is 5.14. The van der Waals surface area contributed by atoms with Crippen molar-refractivity contribution < 1.29 is 14.6 Å². The molecule has 1 heterocycles. The van der Waals surface area contributed by atoms with E-state index in [4.69, 9.17) is 4.74 Å². The highest BCUT2D eigenvalue weighted by atomic mass is 16.5. The van der Waals surface area contributed by atoms with Crippen molar-refractivity contribution in [3.8, 4) is 5.75 Å². The minimum absolute atomic E-state index is 0.0124. The molecule has 3 atom stereocenters. The molecule has 0 bridgehead atoms. The number of likely N-dealkylation sites (tertiary alicyclic amines) is 1. The predicted molar refractivity (Wildman–Crippen MR) is 75.3 cm³/mol. The Balaban J connectivity index is 1.76. The summed E-state index contributed by atoms with van der Waals surface area (Å²) in [5, 5.41) is 10.2. The van der Waals surface area contributed by atoms with Gasteiger partial charge in [0.1, 0.15) is 5.75 Å². The van der Waals surface area contributed by atoms with E-state index in [9.17, 15) is 9.90 Å². The molecule has 1 aliphatic carbocycles. The first kappa shape index (κ1) is 13.4. The SMILES string of the molecule is COc1ccc(CN2C(=O)C[C@@H]3CCCC(O)[C@@H]32)cc1. The van der Waals surface area contributed by atoms with Gasteiger partial charge in [-0.1, -0.05) is 18.6 Å². The molecule has 108 valence electrons. The molecule has 20 heavy (non-hydrogen) atoms. The highest BCUT2D eigenvalue weighted by Crippen LogP contribution is 2.37. The summed E-state index contributed by atoms with van der Waals surface area (Å²) >= 11 is 0. The van der Waals surface area contributed by atoms with Gasteiger partial charge < -0.3 is 14.7 Å². The number of fused-ring (bicyclic) bond motifs is 1. The van der Waals surface area contributed by atoms with E-state index in [1.807, 2.05) is 29.2 Å². The summed E-state index contributed by atoms with van der Waals surface area (Å²) in [6, 6.07) is 7.79. The van der Waals surface area contributed by atoms with Crippen molar-refractivity contribution in [2.75, 3.05) is 7.11 Å². The summed E-state index contributed by atoms with van der Waals surface area (Å²) in [6.07, 6.45) is 3.14. The number of benzene rings is 1. The summed E-state index contributed by atoms with van der Waals surface area (Å²) in [5.41, 5.74) is 1.08. The third kappa shape index (κ3) is 2.40. The minimum Gasteiger partial charge on any atom is -0.497 e. The number of aliphatic hydroxyl groups excluding tert-OH is 1. The van der Waals surface area contributed by atoms with Crippen LogP contribution in [0.2, 0.25) is 0 Å². The number of rotatable bonds is 3. The maximum Gasteiger partial charge on any atom is 0.223 e. The smallest absolute Gasteiger partial charge is 0.223 e. The number of carbonyl (C=O) groups excluding carboxylic acids is 1. The molecule has 4 nitrogen and oxygen atoms in total. The first-order chi connectivity index (χ1) is 9.69. The van der Waals surface area contributed by atoms with Gasteiger partial charge in [-0.3, -0.25) is 4.79 Å². The Morgan fingerprint density at radius 1 is 1.30 bits per heavy atom. The van der Waals surface area contributed by atoms with E-state index in [0.717, 1.165) is 30.6 Å². The van der Waals surface area contributed by atoms with Gasteiger partial charge in [0.25, 0.3) is 0 Å². The molecule has 3 rings (SSSR count). The fourth-order valence-corrected chi connectivity index (χ4v) is 3.56. The third-order valence-electron chi connectivity index (χ3n) is 4.58. The zero-order chi connectivity index (χ0) is 14.1. The zero-order valence-electron chi connectivity index (χ0n) is 11.8. The molecule has 1 aromatic rings. The Morgan fingerprint density at radius 2 is 2.05 bits per heavy atom. The average molecular weight is 275 g/mol. The van der Waals surface area contributed by atoms with Crippen molar-refractivity contribution in [2.45, 2.75) is 44.4 Å². The Bertz CT molecular complexity index is 485. The molecule has 1 aliphatic heterocycles. The number of aliphatic hydroxyl groups is 1. The molecule has 1 N–H and O–H groups in total. The van der Waals surface area contributed by atoms with Crippen LogP contribution in [0.15, 0.2) is 24.3 Å². The van der Waals surface area contributed by atoms with Crippen LogP contribution >= 0.6 is 0 Å². The lowest BCUT2D eigenvalue weighted by atomic mass is 9.83. The van der Waals surface area contributed by atoms with Crippen LogP contribution in [0.3, 0.4) is 0 Å². The molecule has 4 heteroatoms. The minimum atomic E-state index is -0.363. The molecule has 1 aromatic carbocycles. The Hall–Kier alpha value is -1.55. The number of methoxy groups -OCH3 is 1.